The molecule has 0 aliphatic carbocycles. The highest BCUT2D eigenvalue weighted by molar-refractivity contribution is 7.92. The third kappa shape index (κ3) is 5.51. The molecule has 6 nitrogen and oxygen atoms in total. The van der Waals surface area contributed by atoms with Gasteiger partial charge in [-0.1, -0.05) is 6.42 Å². The van der Waals surface area contributed by atoms with Gasteiger partial charge in [0.25, 0.3) is 0 Å². The Kier molecular flexibility index (Phi) is 5.81. The topological polar surface area (TPSA) is 80.3 Å². The van der Waals surface area contributed by atoms with Crippen molar-refractivity contribution in [3.63, 3.8) is 0 Å². The van der Waals surface area contributed by atoms with Gasteiger partial charge >= 0.3 is 0 Å². The van der Waals surface area contributed by atoms with Crippen molar-refractivity contribution >= 4 is 15.7 Å². The molecule has 1 fully saturated rings. The largest absolute Gasteiger partial charge is 0.478 e. The van der Waals surface area contributed by atoms with Gasteiger partial charge in [-0.05, 0) is 38.8 Å². The summed E-state index contributed by atoms with van der Waals surface area (Å²) in [4.78, 5) is 4.04. The average Bonchev–Trinajstić information content (AvgIpc) is 2.48. The Bertz CT molecular complexity index is 525. The minimum Gasteiger partial charge on any atom is -0.478 e. The van der Waals surface area contributed by atoms with Crippen molar-refractivity contribution in [3.05, 3.63) is 18.3 Å². The number of pyridine rings is 1. The number of piperidine rings is 1. The first kappa shape index (κ1) is 16.0. The lowest BCUT2D eigenvalue weighted by molar-refractivity contribution is 0.327. The van der Waals surface area contributed by atoms with Crippen LogP contribution in [0.2, 0.25) is 0 Å². The monoisotopic (exact) mass is 313 g/mol. The quantitative estimate of drug-likeness (QED) is 0.801. The number of hydrogen-bond acceptors (Lipinski definition) is 5. The Labute approximate surface area is 126 Å². The zero-order chi connectivity index (χ0) is 15.1. The molecule has 1 aromatic heterocycles. The predicted octanol–water partition coefficient (Wildman–Crippen LogP) is 1.75. The van der Waals surface area contributed by atoms with Gasteiger partial charge < -0.3 is 10.1 Å². The molecule has 1 aliphatic heterocycles. The van der Waals surface area contributed by atoms with Crippen molar-refractivity contribution in [2.45, 2.75) is 38.6 Å². The molecule has 1 unspecified atom stereocenters. The van der Waals surface area contributed by atoms with E-state index in [-0.39, 0.29) is 5.75 Å². The van der Waals surface area contributed by atoms with Gasteiger partial charge in [-0.25, -0.2) is 13.4 Å². The molecular formula is C14H23N3O3S. The molecule has 1 saturated heterocycles. The van der Waals surface area contributed by atoms with Gasteiger partial charge in [-0.15, -0.1) is 0 Å². The van der Waals surface area contributed by atoms with E-state index in [2.05, 4.69) is 15.0 Å². The van der Waals surface area contributed by atoms with Crippen LogP contribution in [0.4, 0.5) is 5.69 Å². The molecule has 0 radical (unpaired) electrons. The van der Waals surface area contributed by atoms with Gasteiger partial charge in [0.2, 0.25) is 15.9 Å². The van der Waals surface area contributed by atoms with Gasteiger partial charge in [0.05, 0.1) is 24.2 Å². The van der Waals surface area contributed by atoms with Crippen LogP contribution in [0.5, 0.6) is 5.88 Å². The maximum atomic E-state index is 12.1. The summed E-state index contributed by atoms with van der Waals surface area (Å²) in [6, 6.07) is 3.63. The minimum absolute atomic E-state index is 0.123. The standard InChI is InChI=1S/C14H23N3O3S/c1-2-20-14-7-6-13(11-16-14)17-21(18,19)10-8-12-5-3-4-9-15-12/h6-7,11-12,15,17H,2-5,8-10H2,1H3. The van der Waals surface area contributed by atoms with Crippen LogP contribution in [0, 0.1) is 0 Å². The highest BCUT2D eigenvalue weighted by Gasteiger charge is 2.17. The maximum absolute atomic E-state index is 12.1. The first-order valence-electron chi connectivity index (χ1n) is 7.42. The molecular weight excluding hydrogens is 290 g/mol. The fourth-order valence-electron chi connectivity index (χ4n) is 2.37. The van der Waals surface area contributed by atoms with E-state index < -0.39 is 10.0 Å². The van der Waals surface area contributed by atoms with E-state index in [1.54, 1.807) is 12.1 Å². The van der Waals surface area contributed by atoms with E-state index in [0.717, 1.165) is 13.0 Å². The molecule has 0 aromatic carbocycles. The highest BCUT2D eigenvalue weighted by Crippen LogP contribution is 2.15. The smallest absolute Gasteiger partial charge is 0.232 e. The minimum atomic E-state index is -3.33. The second-order valence-corrected chi connectivity index (χ2v) is 7.02. The third-order valence-corrected chi connectivity index (χ3v) is 4.77. The molecule has 0 bridgehead atoms. The number of aromatic nitrogens is 1. The first-order chi connectivity index (χ1) is 10.1. The predicted molar refractivity (Wildman–Crippen MR) is 83.1 cm³/mol. The van der Waals surface area contributed by atoms with E-state index >= 15 is 0 Å². The molecule has 2 N–H and O–H groups in total. The average molecular weight is 313 g/mol. The van der Waals surface area contributed by atoms with Crippen LogP contribution >= 0.6 is 0 Å². The maximum Gasteiger partial charge on any atom is 0.232 e. The lowest BCUT2D eigenvalue weighted by Crippen LogP contribution is -2.36. The number of nitrogens with zero attached hydrogens (tertiary/aromatic N) is 1. The van der Waals surface area contributed by atoms with Crippen LogP contribution in [-0.4, -0.2) is 38.3 Å². The Morgan fingerprint density at radius 3 is 2.90 bits per heavy atom. The van der Waals surface area contributed by atoms with Gasteiger partial charge in [0.1, 0.15) is 0 Å². The Morgan fingerprint density at radius 1 is 1.43 bits per heavy atom. The number of rotatable bonds is 7. The number of hydrogen-bond donors (Lipinski definition) is 2. The normalized spacial score (nSPS) is 19.2. The van der Waals surface area contributed by atoms with Crippen molar-refractivity contribution in [2.24, 2.45) is 0 Å². The molecule has 0 spiro atoms. The molecule has 21 heavy (non-hydrogen) atoms. The summed E-state index contributed by atoms with van der Waals surface area (Å²) in [5, 5.41) is 3.36. The van der Waals surface area contributed by atoms with E-state index in [0.29, 0.717) is 30.6 Å². The first-order valence-corrected chi connectivity index (χ1v) is 9.07. The van der Waals surface area contributed by atoms with Crippen molar-refractivity contribution in [2.75, 3.05) is 23.6 Å². The summed E-state index contributed by atoms with van der Waals surface area (Å²) in [7, 11) is -3.33. The summed E-state index contributed by atoms with van der Waals surface area (Å²) in [5.74, 6) is 0.615. The molecule has 2 heterocycles. The van der Waals surface area contributed by atoms with Crippen molar-refractivity contribution in [3.8, 4) is 5.88 Å². The Hall–Kier alpha value is -1.34. The van der Waals surface area contributed by atoms with E-state index in [1.165, 1.54) is 19.0 Å². The number of anilines is 1. The SMILES string of the molecule is CCOc1ccc(NS(=O)(=O)CCC2CCCCN2)cn1. The molecule has 1 aliphatic rings. The van der Waals surface area contributed by atoms with E-state index in [1.807, 2.05) is 6.92 Å². The summed E-state index contributed by atoms with van der Waals surface area (Å²) < 4.78 is 31.9. The third-order valence-electron chi connectivity index (χ3n) is 3.45. The number of ether oxygens (including phenoxy) is 1. The molecule has 1 atom stereocenters. The van der Waals surface area contributed by atoms with Crippen LogP contribution in [0.25, 0.3) is 0 Å². The summed E-state index contributed by atoms with van der Waals surface area (Å²) in [6.07, 6.45) is 5.52. The summed E-state index contributed by atoms with van der Waals surface area (Å²) >= 11 is 0. The van der Waals surface area contributed by atoms with Crippen LogP contribution in [0.15, 0.2) is 18.3 Å². The second-order valence-electron chi connectivity index (χ2n) is 5.17. The molecule has 2 rings (SSSR count). The van der Waals surface area contributed by atoms with Gasteiger partial charge in [-0.3, -0.25) is 4.72 Å². The lowest BCUT2D eigenvalue weighted by Gasteiger charge is -2.23. The van der Waals surface area contributed by atoms with E-state index in [9.17, 15) is 8.42 Å². The molecule has 7 heteroatoms. The van der Waals surface area contributed by atoms with Crippen LogP contribution in [0.1, 0.15) is 32.6 Å². The van der Waals surface area contributed by atoms with Crippen molar-refractivity contribution in [1.29, 1.82) is 0 Å². The number of nitrogens with one attached hydrogen (secondary N) is 2. The lowest BCUT2D eigenvalue weighted by atomic mass is 10.0. The Morgan fingerprint density at radius 2 is 2.29 bits per heavy atom. The molecule has 1 aromatic rings. The zero-order valence-corrected chi connectivity index (χ0v) is 13.2. The second kappa shape index (κ2) is 7.61. The fraction of sp³-hybridized carbons (Fsp3) is 0.643. The fourth-order valence-corrected chi connectivity index (χ4v) is 3.55. The molecule has 118 valence electrons. The van der Waals surface area contributed by atoms with Gasteiger partial charge in [0.15, 0.2) is 0 Å². The van der Waals surface area contributed by atoms with Crippen molar-refractivity contribution < 1.29 is 13.2 Å². The molecule has 0 amide bonds. The zero-order valence-electron chi connectivity index (χ0n) is 12.3. The van der Waals surface area contributed by atoms with Gasteiger partial charge in [0, 0.05) is 12.1 Å². The Balaban J connectivity index is 1.84. The number of sulfonamides is 1. The summed E-state index contributed by atoms with van der Waals surface area (Å²) in [6.45, 7) is 3.39. The summed E-state index contributed by atoms with van der Waals surface area (Å²) in [5.41, 5.74) is 0.468. The highest BCUT2D eigenvalue weighted by atomic mass is 32.2. The van der Waals surface area contributed by atoms with Crippen LogP contribution in [0.3, 0.4) is 0 Å². The van der Waals surface area contributed by atoms with E-state index in [4.69, 9.17) is 4.74 Å². The van der Waals surface area contributed by atoms with Crippen molar-refractivity contribution in [1.82, 2.24) is 10.3 Å². The van der Waals surface area contributed by atoms with Crippen LogP contribution in [-0.2, 0) is 10.0 Å². The van der Waals surface area contributed by atoms with Gasteiger partial charge in [-0.2, -0.15) is 0 Å². The van der Waals surface area contributed by atoms with Crippen LogP contribution < -0.4 is 14.8 Å². The molecule has 0 saturated carbocycles.